The first-order chi connectivity index (χ1) is 9.97. The van der Waals surface area contributed by atoms with Gasteiger partial charge in [-0.05, 0) is 26.0 Å². The summed E-state index contributed by atoms with van der Waals surface area (Å²) in [5, 5.41) is 2.39. The van der Waals surface area contributed by atoms with Gasteiger partial charge >= 0.3 is 0 Å². The maximum Gasteiger partial charge on any atom is 0.206 e. The number of anilines is 2. The van der Waals surface area contributed by atoms with E-state index in [4.69, 9.17) is 28.2 Å². The lowest BCUT2D eigenvalue weighted by Crippen LogP contribution is -2.50. The monoisotopic (exact) mass is 308 g/mol. The number of nitrogen functional groups attached to an aromatic ring is 1. The molecule has 7 heteroatoms. The van der Waals surface area contributed by atoms with Gasteiger partial charge < -0.3 is 15.2 Å². The fourth-order valence-corrected chi connectivity index (χ4v) is 2.93. The Labute approximate surface area is 129 Å². The van der Waals surface area contributed by atoms with Crippen LogP contribution in [0.25, 0.3) is 11.0 Å². The third-order valence-corrected chi connectivity index (χ3v) is 4.23. The van der Waals surface area contributed by atoms with Crippen molar-refractivity contribution in [1.82, 2.24) is 14.6 Å². The van der Waals surface area contributed by atoms with Crippen LogP contribution in [0.3, 0.4) is 0 Å². The molecule has 1 aromatic heterocycles. The van der Waals surface area contributed by atoms with Crippen molar-refractivity contribution in [3.63, 3.8) is 0 Å². The molecular weight excluding hydrogens is 288 g/mol. The molecule has 1 fully saturated rings. The summed E-state index contributed by atoms with van der Waals surface area (Å²) < 4.78 is 2.22. The number of fused-ring (bicyclic) bond motifs is 1. The average Bonchev–Trinajstić information content (AvgIpc) is 2.78. The summed E-state index contributed by atoms with van der Waals surface area (Å²) in [4.78, 5) is 7.05. The molecule has 6 nitrogen and oxygen atoms in total. The number of nitrogens with zero attached hydrogens (tertiary/aromatic N) is 4. The Morgan fingerprint density at radius 3 is 2.48 bits per heavy atom. The highest BCUT2D eigenvalue weighted by Gasteiger charge is 2.22. The molecule has 0 aliphatic carbocycles. The standard InChI is InChI=1S/C14H21ClN6/c1-9(2)21-13-8-11(16)10(15)7-12(13)18-14(21)19-3-5-20(17)6-4-19/h7-9H,3-6,16-17H2,1-2H3. The van der Waals surface area contributed by atoms with Gasteiger partial charge in [-0.25, -0.2) is 9.99 Å². The molecule has 0 radical (unpaired) electrons. The Kier molecular flexibility index (Phi) is 3.69. The molecule has 1 aliphatic rings. The van der Waals surface area contributed by atoms with Crippen molar-refractivity contribution in [3.8, 4) is 0 Å². The number of hydrogen-bond acceptors (Lipinski definition) is 5. The number of hydrogen-bond donors (Lipinski definition) is 2. The van der Waals surface area contributed by atoms with E-state index in [1.807, 2.05) is 17.1 Å². The number of benzene rings is 1. The molecule has 2 aromatic rings. The molecule has 114 valence electrons. The van der Waals surface area contributed by atoms with Crippen LogP contribution in [0, 0.1) is 0 Å². The molecule has 0 bridgehead atoms. The number of hydrazine groups is 1. The first kappa shape index (κ1) is 14.4. The smallest absolute Gasteiger partial charge is 0.206 e. The summed E-state index contributed by atoms with van der Waals surface area (Å²) in [5.74, 6) is 6.80. The van der Waals surface area contributed by atoms with Gasteiger partial charge in [0.05, 0.1) is 21.7 Å². The molecule has 4 N–H and O–H groups in total. The average molecular weight is 309 g/mol. The highest BCUT2D eigenvalue weighted by Crippen LogP contribution is 2.32. The van der Waals surface area contributed by atoms with E-state index in [1.165, 1.54) is 0 Å². The number of rotatable bonds is 2. The lowest BCUT2D eigenvalue weighted by Gasteiger charge is -2.33. The van der Waals surface area contributed by atoms with E-state index in [1.54, 1.807) is 0 Å². The Morgan fingerprint density at radius 1 is 1.19 bits per heavy atom. The minimum Gasteiger partial charge on any atom is -0.397 e. The van der Waals surface area contributed by atoms with Crippen molar-refractivity contribution in [2.45, 2.75) is 19.9 Å². The predicted octanol–water partition coefficient (Wildman–Crippen LogP) is 1.85. The van der Waals surface area contributed by atoms with E-state index in [-0.39, 0.29) is 0 Å². The molecule has 0 unspecified atom stereocenters. The second-order valence-corrected chi connectivity index (χ2v) is 6.17. The van der Waals surface area contributed by atoms with Crippen LogP contribution < -0.4 is 16.5 Å². The number of imidazole rings is 1. The van der Waals surface area contributed by atoms with Crippen LogP contribution >= 0.6 is 11.6 Å². The number of aromatic nitrogens is 2. The van der Waals surface area contributed by atoms with Crippen LogP contribution in [0.5, 0.6) is 0 Å². The number of halogens is 1. The normalized spacial score (nSPS) is 17.1. The molecule has 0 amide bonds. The Morgan fingerprint density at radius 2 is 1.86 bits per heavy atom. The van der Waals surface area contributed by atoms with E-state index in [9.17, 15) is 0 Å². The van der Waals surface area contributed by atoms with Crippen LogP contribution in [0.4, 0.5) is 11.6 Å². The summed E-state index contributed by atoms with van der Waals surface area (Å²) in [5.41, 5.74) is 8.45. The highest BCUT2D eigenvalue weighted by molar-refractivity contribution is 6.33. The SMILES string of the molecule is CC(C)n1c(N2CCN(N)CC2)nc2cc(Cl)c(N)cc21. The molecule has 1 aliphatic heterocycles. The lowest BCUT2D eigenvalue weighted by molar-refractivity contribution is 0.264. The second kappa shape index (κ2) is 5.36. The maximum absolute atomic E-state index is 6.12. The van der Waals surface area contributed by atoms with Crippen molar-refractivity contribution in [1.29, 1.82) is 0 Å². The third kappa shape index (κ3) is 2.54. The van der Waals surface area contributed by atoms with Crippen LogP contribution in [0.1, 0.15) is 19.9 Å². The minimum absolute atomic E-state index is 0.293. The Balaban J connectivity index is 2.11. The lowest BCUT2D eigenvalue weighted by atomic mass is 10.2. The van der Waals surface area contributed by atoms with Crippen molar-refractivity contribution < 1.29 is 0 Å². The van der Waals surface area contributed by atoms with Crippen molar-refractivity contribution >= 4 is 34.3 Å². The van der Waals surface area contributed by atoms with E-state index in [2.05, 4.69) is 23.3 Å². The first-order valence-corrected chi connectivity index (χ1v) is 7.56. The van der Waals surface area contributed by atoms with Gasteiger partial charge in [0.2, 0.25) is 5.95 Å². The number of piperazine rings is 1. The van der Waals surface area contributed by atoms with Crippen LogP contribution in [0.15, 0.2) is 12.1 Å². The highest BCUT2D eigenvalue weighted by atomic mass is 35.5. The summed E-state index contributed by atoms with van der Waals surface area (Å²) >= 11 is 6.12. The summed E-state index contributed by atoms with van der Waals surface area (Å²) in [6.45, 7) is 7.71. The van der Waals surface area contributed by atoms with Crippen molar-refractivity contribution in [2.75, 3.05) is 36.8 Å². The van der Waals surface area contributed by atoms with E-state index >= 15 is 0 Å². The second-order valence-electron chi connectivity index (χ2n) is 5.76. The third-order valence-electron chi connectivity index (χ3n) is 3.90. The van der Waals surface area contributed by atoms with Gasteiger partial charge in [-0.15, -0.1) is 0 Å². The predicted molar refractivity (Wildman–Crippen MR) is 87.5 cm³/mol. The zero-order chi connectivity index (χ0) is 15.1. The van der Waals surface area contributed by atoms with Crippen LogP contribution in [-0.2, 0) is 0 Å². The zero-order valence-electron chi connectivity index (χ0n) is 12.4. The molecular formula is C14H21ClN6. The largest absolute Gasteiger partial charge is 0.397 e. The minimum atomic E-state index is 0.293. The molecule has 0 saturated carbocycles. The molecule has 2 heterocycles. The fraction of sp³-hybridized carbons (Fsp3) is 0.500. The van der Waals surface area contributed by atoms with Gasteiger partial charge in [-0.2, -0.15) is 0 Å². The summed E-state index contributed by atoms with van der Waals surface area (Å²) in [6, 6.07) is 4.04. The zero-order valence-corrected chi connectivity index (χ0v) is 13.1. The Bertz CT molecular complexity index is 657. The molecule has 3 rings (SSSR count). The maximum atomic E-state index is 6.12. The molecule has 0 spiro atoms. The van der Waals surface area contributed by atoms with E-state index in [0.29, 0.717) is 16.8 Å². The quantitative estimate of drug-likeness (QED) is 0.654. The molecule has 1 aromatic carbocycles. The van der Waals surface area contributed by atoms with E-state index < -0.39 is 0 Å². The number of nitrogens with two attached hydrogens (primary N) is 2. The van der Waals surface area contributed by atoms with Gasteiger partial charge in [0.1, 0.15) is 0 Å². The molecule has 21 heavy (non-hydrogen) atoms. The molecule has 0 atom stereocenters. The fourth-order valence-electron chi connectivity index (χ4n) is 2.77. The van der Waals surface area contributed by atoms with Crippen LogP contribution in [-0.4, -0.2) is 40.7 Å². The van der Waals surface area contributed by atoms with Gasteiger partial charge in [-0.3, -0.25) is 5.84 Å². The van der Waals surface area contributed by atoms with Crippen LogP contribution in [0.2, 0.25) is 5.02 Å². The van der Waals surface area contributed by atoms with Gasteiger partial charge in [-0.1, -0.05) is 11.6 Å². The molecule has 1 saturated heterocycles. The topological polar surface area (TPSA) is 76.3 Å². The van der Waals surface area contributed by atoms with E-state index in [0.717, 1.165) is 43.2 Å². The van der Waals surface area contributed by atoms with Crippen molar-refractivity contribution in [3.05, 3.63) is 17.2 Å². The first-order valence-electron chi connectivity index (χ1n) is 7.19. The summed E-state index contributed by atoms with van der Waals surface area (Å²) in [7, 11) is 0. The Hall–Kier alpha value is -1.50. The van der Waals surface area contributed by atoms with Crippen molar-refractivity contribution in [2.24, 2.45) is 5.84 Å². The van der Waals surface area contributed by atoms with Gasteiger partial charge in [0.15, 0.2) is 0 Å². The van der Waals surface area contributed by atoms with Gasteiger partial charge in [0.25, 0.3) is 0 Å². The van der Waals surface area contributed by atoms with Gasteiger partial charge in [0, 0.05) is 32.2 Å². The summed E-state index contributed by atoms with van der Waals surface area (Å²) in [6.07, 6.45) is 0.